The molecule has 3 rings (SSSR count). The highest BCUT2D eigenvalue weighted by Crippen LogP contribution is 2.16. The fourth-order valence-corrected chi connectivity index (χ4v) is 3.20. The number of halogens is 1. The quantitative estimate of drug-likeness (QED) is 0.402. The zero-order valence-electron chi connectivity index (χ0n) is 15.4. The zero-order chi connectivity index (χ0) is 18.5. The number of likely N-dealkylation sites (tertiary alicyclic amines) is 1. The van der Waals surface area contributed by atoms with Gasteiger partial charge in [-0.2, -0.15) is 4.57 Å². The van der Waals surface area contributed by atoms with E-state index < -0.39 is 4.92 Å². The van der Waals surface area contributed by atoms with Crippen LogP contribution in [0.4, 0.5) is 5.69 Å². The summed E-state index contributed by atoms with van der Waals surface area (Å²) in [5.41, 5.74) is 2.23. The van der Waals surface area contributed by atoms with Crippen LogP contribution in [-0.4, -0.2) is 28.8 Å². The van der Waals surface area contributed by atoms with Gasteiger partial charge in [0.1, 0.15) is 0 Å². The zero-order valence-corrected chi connectivity index (χ0v) is 16.1. The molecule has 1 saturated heterocycles. The standard InChI is InChI=1S/C20H24N3O3.ClH/c1-16-6-12-22(13-7-16)20(24)15-21-10-8-18(9-11-21)14-17-2-4-19(5-3-17)23(25)26;/h2-5,8-11,16H,6-7,12-15H2,1H3;1H/q+1;/p-1. The van der Waals surface area contributed by atoms with Crippen LogP contribution < -0.4 is 17.0 Å². The molecule has 2 aromatic rings. The molecule has 0 bridgehead atoms. The molecular weight excluding hydrogens is 366 g/mol. The third-order valence-electron chi connectivity index (χ3n) is 4.97. The number of pyridine rings is 1. The number of carbonyl (C=O) groups excluding carboxylic acids is 1. The molecule has 0 saturated carbocycles. The molecular formula is C20H24ClN3O3. The SMILES string of the molecule is CC1CCN(C(=O)C[n+]2ccc(Cc3ccc([N+](=O)[O-])cc3)cc2)CC1.[Cl-]. The van der Waals surface area contributed by atoms with Gasteiger partial charge in [0.15, 0.2) is 12.4 Å². The van der Waals surface area contributed by atoms with Gasteiger partial charge < -0.3 is 17.3 Å². The summed E-state index contributed by atoms with van der Waals surface area (Å²) in [6, 6.07) is 10.6. The summed E-state index contributed by atoms with van der Waals surface area (Å²) in [5.74, 6) is 0.885. The lowest BCUT2D eigenvalue weighted by atomic mass is 9.99. The maximum atomic E-state index is 12.4. The molecule has 27 heavy (non-hydrogen) atoms. The summed E-state index contributed by atoms with van der Waals surface area (Å²) in [6.07, 6.45) is 6.72. The first-order chi connectivity index (χ1) is 12.5. The molecule has 1 aromatic carbocycles. The number of aromatic nitrogens is 1. The van der Waals surface area contributed by atoms with Crippen LogP contribution in [-0.2, 0) is 17.8 Å². The Balaban J connectivity index is 0.00000261. The Morgan fingerprint density at radius 2 is 1.67 bits per heavy atom. The summed E-state index contributed by atoms with van der Waals surface area (Å²) >= 11 is 0. The van der Waals surface area contributed by atoms with Crippen molar-refractivity contribution in [1.82, 2.24) is 4.90 Å². The summed E-state index contributed by atoms with van der Waals surface area (Å²) in [5, 5.41) is 10.7. The van der Waals surface area contributed by atoms with Crippen molar-refractivity contribution >= 4 is 11.6 Å². The number of nitro benzene ring substituents is 1. The van der Waals surface area contributed by atoms with Crippen LogP contribution >= 0.6 is 0 Å². The van der Waals surface area contributed by atoms with E-state index in [0.29, 0.717) is 18.9 Å². The lowest BCUT2D eigenvalue weighted by molar-refractivity contribution is -0.685. The number of piperidine rings is 1. The number of rotatable bonds is 5. The fourth-order valence-electron chi connectivity index (χ4n) is 3.20. The van der Waals surface area contributed by atoms with Gasteiger partial charge in [-0.3, -0.25) is 14.9 Å². The average molecular weight is 390 g/mol. The largest absolute Gasteiger partial charge is 1.00 e. The van der Waals surface area contributed by atoms with Gasteiger partial charge in [-0.05, 0) is 36.3 Å². The van der Waals surface area contributed by atoms with Gasteiger partial charge in [0.05, 0.1) is 4.92 Å². The van der Waals surface area contributed by atoms with Gasteiger partial charge in [0, 0.05) is 37.4 Å². The maximum Gasteiger partial charge on any atom is 0.288 e. The van der Waals surface area contributed by atoms with Crippen molar-refractivity contribution in [3.63, 3.8) is 0 Å². The van der Waals surface area contributed by atoms with E-state index in [2.05, 4.69) is 6.92 Å². The van der Waals surface area contributed by atoms with Crippen molar-refractivity contribution in [2.75, 3.05) is 13.1 Å². The van der Waals surface area contributed by atoms with Crippen molar-refractivity contribution in [2.24, 2.45) is 5.92 Å². The van der Waals surface area contributed by atoms with E-state index in [1.54, 1.807) is 12.1 Å². The van der Waals surface area contributed by atoms with Crippen molar-refractivity contribution < 1.29 is 26.7 Å². The monoisotopic (exact) mass is 389 g/mol. The van der Waals surface area contributed by atoms with Crippen LogP contribution in [0.2, 0.25) is 0 Å². The van der Waals surface area contributed by atoms with Gasteiger partial charge >= 0.3 is 0 Å². The normalized spacial score (nSPS) is 14.5. The topological polar surface area (TPSA) is 67.3 Å². The van der Waals surface area contributed by atoms with E-state index in [9.17, 15) is 14.9 Å². The van der Waals surface area contributed by atoms with Crippen molar-refractivity contribution in [3.8, 4) is 0 Å². The molecule has 0 spiro atoms. The summed E-state index contributed by atoms with van der Waals surface area (Å²) in [6.45, 7) is 4.32. The Labute approximate surface area is 165 Å². The van der Waals surface area contributed by atoms with E-state index in [1.165, 1.54) is 12.1 Å². The van der Waals surface area contributed by atoms with E-state index >= 15 is 0 Å². The average Bonchev–Trinajstić information content (AvgIpc) is 2.64. The van der Waals surface area contributed by atoms with Gasteiger partial charge in [-0.1, -0.05) is 19.1 Å². The van der Waals surface area contributed by atoms with E-state index in [0.717, 1.165) is 37.1 Å². The molecule has 0 N–H and O–H groups in total. The van der Waals surface area contributed by atoms with E-state index in [1.807, 2.05) is 34.0 Å². The first-order valence-corrected chi connectivity index (χ1v) is 9.00. The number of amides is 1. The minimum absolute atomic E-state index is 0. The number of hydrogen-bond donors (Lipinski definition) is 0. The molecule has 1 aliphatic rings. The van der Waals surface area contributed by atoms with Gasteiger partial charge in [0.2, 0.25) is 6.54 Å². The van der Waals surface area contributed by atoms with Crippen molar-refractivity contribution in [3.05, 3.63) is 70.0 Å². The summed E-state index contributed by atoms with van der Waals surface area (Å²) in [7, 11) is 0. The van der Waals surface area contributed by atoms with Gasteiger partial charge in [0.25, 0.3) is 11.6 Å². The summed E-state index contributed by atoms with van der Waals surface area (Å²) in [4.78, 5) is 24.6. The van der Waals surface area contributed by atoms with Crippen LogP contribution in [0.25, 0.3) is 0 Å². The third-order valence-corrected chi connectivity index (χ3v) is 4.97. The Morgan fingerprint density at radius 3 is 2.22 bits per heavy atom. The molecule has 0 aliphatic carbocycles. The van der Waals surface area contributed by atoms with Gasteiger partial charge in [-0.25, -0.2) is 0 Å². The Bertz CT molecular complexity index is 770. The Kier molecular flexibility index (Phi) is 7.30. The fraction of sp³-hybridized carbons (Fsp3) is 0.400. The minimum atomic E-state index is -0.394. The molecule has 1 fully saturated rings. The molecule has 2 heterocycles. The molecule has 7 heteroatoms. The maximum absolute atomic E-state index is 12.4. The molecule has 1 aliphatic heterocycles. The van der Waals surface area contributed by atoms with Crippen LogP contribution in [0.15, 0.2) is 48.8 Å². The van der Waals surface area contributed by atoms with E-state index in [-0.39, 0.29) is 24.0 Å². The Hall–Kier alpha value is -2.47. The molecule has 1 aromatic heterocycles. The summed E-state index contributed by atoms with van der Waals surface area (Å²) < 4.78 is 1.90. The van der Waals surface area contributed by atoms with Crippen LogP contribution in [0.1, 0.15) is 30.9 Å². The lowest BCUT2D eigenvalue weighted by Crippen LogP contribution is -3.00. The minimum Gasteiger partial charge on any atom is -1.00 e. The third kappa shape index (κ3) is 5.76. The number of hydrogen-bond acceptors (Lipinski definition) is 3. The second-order valence-corrected chi connectivity index (χ2v) is 7.04. The highest BCUT2D eigenvalue weighted by molar-refractivity contribution is 5.74. The molecule has 6 nitrogen and oxygen atoms in total. The first-order valence-electron chi connectivity index (χ1n) is 9.00. The molecule has 0 radical (unpaired) electrons. The number of nitrogens with zero attached hydrogens (tertiary/aromatic N) is 3. The van der Waals surface area contributed by atoms with E-state index in [4.69, 9.17) is 0 Å². The lowest BCUT2D eigenvalue weighted by Gasteiger charge is -2.29. The van der Waals surface area contributed by atoms with Crippen LogP contribution in [0.5, 0.6) is 0 Å². The number of benzene rings is 1. The highest BCUT2D eigenvalue weighted by Gasteiger charge is 2.22. The Morgan fingerprint density at radius 1 is 1.11 bits per heavy atom. The van der Waals surface area contributed by atoms with Gasteiger partial charge in [-0.15, -0.1) is 0 Å². The molecule has 0 atom stereocenters. The van der Waals surface area contributed by atoms with Crippen molar-refractivity contribution in [1.29, 1.82) is 0 Å². The highest BCUT2D eigenvalue weighted by atomic mass is 35.5. The molecule has 144 valence electrons. The molecule has 0 unspecified atom stereocenters. The van der Waals surface area contributed by atoms with Crippen LogP contribution in [0, 0.1) is 16.0 Å². The number of nitro groups is 1. The smallest absolute Gasteiger partial charge is 0.288 e. The van der Waals surface area contributed by atoms with Crippen LogP contribution in [0.3, 0.4) is 0 Å². The number of carbonyl (C=O) groups is 1. The second-order valence-electron chi connectivity index (χ2n) is 7.04. The predicted octanol–water partition coefficient (Wildman–Crippen LogP) is -0.264. The first kappa shape index (κ1) is 20.8. The van der Waals surface area contributed by atoms with Crippen molar-refractivity contribution in [2.45, 2.75) is 32.7 Å². The molecule has 1 amide bonds. The number of non-ortho nitro benzene ring substituents is 1. The predicted molar refractivity (Wildman–Crippen MR) is 97.5 cm³/mol. The second kappa shape index (κ2) is 9.46.